The molecule has 1 N–H and O–H groups in total. The number of aryl methyl sites for hydroxylation is 2. The average Bonchev–Trinajstić information content (AvgIpc) is 2.71. The van der Waals surface area contributed by atoms with Crippen molar-refractivity contribution in [3.63, 3.8) is 0 Å². The van der Waals surface area contributed by atoms with E-state index in [-0.39, 0.29) is 24.5 Å². The second kappa shape index (κ2) is 9.79. The van der Waals surface area contributed by atoms with Crippen LogP contribution in [0.15, 0.2) is 42.5 Å². The second-order valence-electron chi connectivity index (χ2n) is 7.56. The fourth-order valence-electron chi connectivity index (χ4n) is 3.38. The van der Waals surface area contributed by atoms with Gasteiger partial charge in [0.2, 0.25) is 5.91 Å². The van der Waals surface area contributed by atoms with Crippen molar-refractivity contribution in [3.8, 4) is 5.75 Å². The molecule has 0 spiro atoms. The number of piperidine rings is 1. The van der Waals surface area contributed by atoms with Crippen LogP contribution in [-0.2, 0) is 16.0 Å². The Bertz CT molecular complexity index is 859. The molecule has 0 aliphatic carbocycles. The molecule has 0 saturated carbocycles. The molecule has 2 amide bonds. The number of rotatable bonds is 6. The molecule has 1 saturated heterocycles. The van der Waals surface area contributed by atoms with Crippen LogP contribution in [0, 0.1) is 13.8 Å². The molecule has 1 fully saturated rings. The lowest BCUT2D eigenvalue weighted by Gasteiger charge is -2.32. The summed E-state index contributed by atoms with van der Waals surface area (Å²) in [4.78, 5) is 26.5. The van der Waals surface area contributed by atoms with Crippen LogP contribution < -0.4 is 10.1 Å². The Morgan fingerprint density at radius 1 is 1.07 bits per heavy atom. The van der Waals surface area contributed by atoms with Gasteiger partial charge in [0.1, 0.15) is 5.75 Å². The molecule has 6 heteroatoms. The molecule has 0 atom stereocenters. The Kier molecular flexibility index (Phi) is 7.15. The van der Waals surface area contributed by atoms with Crippen molar-refractivity contribution < 1.29 is 14.3 Å². The second-order valence-corrected chi connectivity index (χ2v) is 8.00. The molecule has 1 aliphatic rings. The van der Waals surface area contributed by atoms with Crippen LogP contribution in [0.4, 0.5) is 0 Å². The minimum Gasteiger partial charge on any atom is -0.484 e. The van der Waals surface area contributed by atoms with E-state index in [9.17, 15) is 9.59 Å². The molecule has 2 aromatic carbocycles. The minimum absolute atomic E-state index is 0.00177. The summed E-state index contributed by atoms with van der Waals surface area (Å²) in [6.45, 7) is 5.35. The van der Waals surface area contributed by atoms with Crippen molar-refractivity contribution in [1.29, 1.82) is 0 Å². The maximum Gasteiger partial charge on any atom is 0.258 e. The van der Waals surface area contributed by atoms with Gasteiger partial charge in [0, 0.05) is 24.2 Å². The first-order valence-electron chi connectivity index (χ1n) is 9.92. The van der Waals surface area contributed by atoms with Crippen LogP contribution in [0.25, 0.3) is 0 Å². The van der Waals surface area contributed by atoms with E-state index in [1.54, 1.807) is 12.1 Å². The molecule has 29 heavy (non-hydrogen) atoms. The van der Waals surface area contributed by atoms with Crippen LogP contribution in [0.2, 0.25) is 5.02 Å². The minimum atomic E-state index is -0.130. The number of carbonyl (C=O) groups is 2. The number of carbonyl (C=O) groups excluding carboxylic acids is 2. The van der Waals surface area contributed by atoms with Crippen molar-refractivity contribution in [2.75, 3.05) is 19.7 Å². The van der Waals surface area contributed by atoms with Gasteiger partial charge >= 0.3 is 0 Å². The van der Waals surface area contributed by atoms with Crippen molar-refractivity contribution in [2.24, 2.45) is 0 Å². The van der Waals surface area contributed by atoms with E-state index in [4.69, 9.17) is 16.3 Å². The lowest BCUT2D eigenvalue weighted by Crippen LogP contribution is -2.47. The Labute approximate surface area is 177 Å². The lowest BCUT2D eigenvalue weighted by atomic mass is 10.0. The third-order valence-corrected chi connectivity index (χ3v) is 5.58. The summed E-state index contributed by atoms with van der Waals surface area (Å²) in [5, 5.41) is 3.68. The molecular formula is C23H27ClN2O3. The van der Waals surface area contributed by atoms with Gasteiger partial charge in [0.25, 0.3) is 5.91 Å². The zero-order valence-electron chi connectivity index (χ0n) is 16.9. The highest BCUT2D eigenvalue weighted by Crippen LogP contribution is 2.17. The van der Waals surface area contributed by atoms with Gasteiger partial charge in [0.05, 0.1) is 6.42 Å². The number of hydrogen-bond acceptors (Lipinski definition) is 3. The summed E-state index contributed by atoms with van der Waals surface area (Å²) in [6.07, 6.45) is 1.88. The molecule has 0 bridgehead atoms. The van der Waals surface area contributed by atoms with Crippen LogP contribution in [-0.4, -0.2) is 42.5 Å². The van der Waals surface area contributed by atoms with E-state index in [0.29, 0.717) is 30.3 Å². The van der Waals surface area contributed by atoms with Gasteiger partial charge in [-0.2, -0.15) is 0 Å². The van der Waals surface area contributed by atoms with E-state index in [1.165, 1.54) is 5.56 Å². The maximum atomic E-state index is 12.5. The summed E-state index contributed by atoms with van der Waals surface area (Å²) in [7, 11) is 0. The van der Waals surface area contributed by atoms with Crippen molar-refractivity contribution in [3.05, 3.63) is 64.2 Å². The predicted molar refractivity (Wildman–Crippen MR) is 114 cm³/mol. The SMILES string of the molecule is Cc1ccc(OCC(=O)NC2CCN(C(=O)Cc3ccc(Cl)cc3)CC2)cc1C. The molecule has 1 aliphatic heterocycles. The molecule has 1 heterocycles. The first-order valence-corrected chi connectivity index (χ1v) is 10.3. The standard InChI is InChI=1S/C23H27ClN2O3/c1-16-3-8-21(13-17(16)2)29-15-22(27)25-20-9-11-26(12-10-20)23(28)14-18-4-6-19(24)7-5-18/h3-8,13,20H,9-12,14-15H2,1-2H3,(H,25,27). The lowest BCUT2D eigenvalue weighted by molar-refractivity contribution is -0.131. The molecule has 0 unspecified atom stereocenters. The average molecular weight is 415 g/mol. The smallest absolute Gasteiger partial charge is 0.258 e. The zero-order chi connectivity index (χ0) is 20.8. The Balaban J connectivity index is 1.39. The van der Waals surface area contributed by atoms with Gasteiger partial charge in [-0.1, -0.05) is 29.8 Å². The third kappa shape index (κ3) is 6.23. The van der Waals surface area contributed by atoms with Gasteiger partial charge in [-0.05, 0) is 67.6 Å². The first kappa shape index (κ1) is 21.2. The fourth-order valence-corrected chi connectivity index (χ4v) is 3.51. The highest BCUT2D eigenvalue weighted by atomic mass is 35.5. The predicted octanol–water partition coefficient (Wildman–Crippen LogP) is 3.69. The first-order chi connectivity index (χ1) is 13.9. The third-order valence-electron chi connectivity index (χ3n) is 5.33. The molecule has 0 aromatic heterocycles. The highest BCUT2D eigenvalue weighted by molar-refractivity contribution is 6.30. The number of nitrogens with one attached hydrogen (secondary N) is 1. The highest BCUT2D eigenvalue weighted by Gasteiger charge is 2.24. The number of nitrogens with zero attached hydrogens (tertiary/aromatic N) is 1. The van der Waals surface area contributed by atoms with E-state index in [0.717, 1.165) is 24.0 Å². The van der Waals surface area contributed by atoms with Crippen LogP contribution >= 0.6 is 11.6 Å². The fraction of sp³-hybridized carbons (Fsp3) is 0.391. The van der Waals surface area contributed by atoms with E-state index < -0.39 is 0 Å². The number of hydrogen-bond donors (Lipinski definition) is 1. The zero-order valence-corrected chi connectivity index (χ0v) is 17.7. The number of halogens is 1. The van der Waals surface area contributed by atoms with Crippen LogP contribution in [0.5, 0.6) is 5.75 Å². The van der Waals surface area contributed by atoms with Gasteiger partial charge in [-0.15, -0.1) is 0 Å². The van der Waals surface area contributed by atoms with Crippen molar-refractivity contribution in [2.45, 2.75) is 39.2 Å². The van der Waals surface area contributed by atoms with E-state index in [1.807, 2.05) is 49.1 Å². The van der Waals surface area contributed by atoms with E-state index in [2.05, 4.69) is 5.32 Å². The van der Waals surface area contributed by atoms with Crippen molar-refractivity contribution in [1.82, 2.24) is 10.2 Å². The summed E-state index contributed by atoms with van der Waals surface area (Å²) in [5.74, 6) is 0.676. The van der Waals surface area contributed by atoms with Gasteiger partial charge in [-0.25, -0.2) is 0 Å². The molecule has 3 rings (SSSR count). The van der Waals surface area contributed by atoms with Crippen LogP contribution in [0.1, 0.15) is 29.5 Å². The summed E-state index contributed by atoms with van der Waals surface area (Å²) in [6, 6.07) is 13.2. The Morgan fingerprint density at radius 2 is 1.76 bits per heavy atom. The maximum absolute atomic E-state index is 12.5. The normalized spacial score (nSPS) is 14.5. The van der Waals surface area contributed by atoms with Crippen LogP contribution in [0.3, 0.4) is 0 Å². The van der Waals surface area contributed by atoms with E-state index >= 15 is 0 Å². The molecule has 2 aromatic rings. The van der Waals surface area contributed by atoms with Gasteiger partial charge in [-0.3, -0.25) is 9.59 Å². The monoisotopic (exact) mass is 414 g/mol. The number of amides is 2. The number of benzene rings is 2. The summed E-state index contributed by atoms with van der Waals surface area (Å²) >= 11 is 5.89. The quantitative estimate of drug-likeness (QED) is 0.784. The van der Waals surface area contributed by atoms with Crippen molar-refractivity contribution >= 4 is 23.4 Å². The molecule has 154 valence electrons. The molecule has 5 nitrogen and oxygen atoms in total. The Morgan fingerprint density at radius 3 is 2.41 bits per heavy atom. The van der Waals surface area contributed by atoms with Gasteiger partial charge < -0.3 is 15.0 Å². The molecule has 0 radical (unpaired) electrons. The number of likely N-dealkylation sites (tertiary alicyclic amines) is 1. The summed E-state index contributed by atoms with van der Waals surface area (Å²) < 4.78 is 5.59. The number of ether oxygens (including phenoxy) is 1. The summed E-state index contributed by atoms with van der Waals surface area (Å²) in [5.41, 5.74) is 3.29. The van der Waals surface area contributed by atoms with Gasteiger partial charge in [0.15, 0.2) is 6.61 Å². The topological polar surface area (TPSA) is 58.6 Å². The molecular weight excluding hydrogens is 388 g/mol. The Hall–Kier alpha value is -2.53. The largest absolute Gasteiger partial charge is 0.484 e.